The number of carboxylic acids is 1. The second-order valence-corrected chi connectivity index (χ2v) is 5.96. The molecular formula is C21H20F3NO3. The predicted octanol–water partition coefficient (Wildman–Crippen LogP) is 5.57. The molecule has 0 amide bonds. The number of allylic oxidation sites excluding steroid dienone is 10. The lowest BCUT2D eigenvalue weighted by atomic mass is 10.1. The molecule has 4 nitrogen and oxygen atoms in total. The summed E-state index contributed by atoms with van der Waals surface area (Å²) in [5, 5.41) is 8.97. The van der Waals surface area contributed by atoms with Gasteiger partial charge in [0.05, 0.1) is 0 Å². The Bertz CT molecular complexity index is 896. The van der Waals surface area contributed by atoms with Crippen LogP contribution in [0.4, 0.5) is 13.2 Å². The molecule has 0 spiro atoms. The molecule has 7 heteroatoms. The van der Waals surface area contributed by atoms with Gasteiger partial charge in [0.1, 0.15) is 11.8 Å². The van der Waals surface area contributed by atoms with Crippen molar-refractivity contribution in [1.29, 1.82) is 0 Å². The van der Waals surface area contributed by atoms with E-state index >= 15 is 0 Å². The summed E-state index contributed by atoms with van der Waals surface area (Å²) in [4.78, 5) is 11.0. The van der Waals surface area contributed by atoms with E-state index in [0.717, 1.165) is 11.1 Å². The van der Waals surface area contributed by atoms with Crippen LogP contribution in [0.2, 0.25) is 0 Å². The van der Waals surface area contributed by atoms with Crippen molar-refractivity contribution in [2.24, 2.45) is 0 Å². The van der Waals surface area contributed by atoms with E-state index in [0.29, 0.717) is 0 Å². The smallest absolute Gasteiger partial charge is 0.478 e. The third kappa shape index (κ3) is 5.90. The number of carbonyl (C=O) groups is 1. The highest BCUT2D eigenvalue weighted by molar-refractivity contribution is 5.87. The zero-order valence-corrected chi connectivity index (χ0v) is 15.4. The van der Waals surface area contributed by atoms with Gasteiger partial charge >= 0.3 is 12.3 Å². The Kier molecular flexibility index (Phi) is 6.87. The van der Waals surface area contributed by atoms with Crippen LogP contribution in [0.5, 0.6) is 0 Å². The van der Waals surface area contributed by atoms with Crippen LogP contribution in [0.1, 0.15) is 25.5 Å². The zero-order chi connectivity index (χ0) is 20.7. The first-order valence-corrected chi connectivity index (χ1v) is 8.44. The van der Waals surface area contributed by atoms with Crippen molar-refractivity contribution in [3.05, 3.63) is 90.0 Å². The monoisotopic (exact) mass is 391 g/mol. The molecule has 1 atom stereocenters. The standard InChI is InChI=1S/C21H20F3NO3/c1-3-7-16(11-10-15(2)20(26)27)17-12-13-25(14-17)18-8-5-4-6-9-19(18)28-21(22,23)24/h3-14,18H,1-2H3,(H,26,27)/b7-3-,15-10+,16-11+. The van der Waals surface area contributed by atoms with Gasteiger partial charge in [-0.2, -0.15) is 0 Å². The van der Waals surface area contributed by atoms with E-state index in [-0.39, 0.29) is 11.3 Å². The third-order valence-electron chi connectivity index (χ3n) is 3.87. The van der Waals surface area contributed by atoms with Gasteiger partial charge in [-0.1, -0.05) is 48.6 Å². The van der Waals surface area contributed by atoms with Gasteiger partial charge in [-0.25, -0.2) is 4.79 Å². The molecule has 0 fully saturated rings. The quantitative estimate of drug-likeness (QED) is 0.510. The van der Waals surface area contributed by atoms with Gasteiger partial charge in [0.15, 0.2) is 0 Å². The molecule has 0 radical (unpaired) electrons. The van der Waals surface area contributed by atoms with Gasteiger partial charge in [0, 0.05) is 18.0 Å². The first-order valence-electron chi connectivity index (χ1n) is 8.44. The van der Waals surface area contributed by atoms with Gasteiger partial charge in [-0.3, -0.25) is 0 Å². The van der Waals surface area contributed by atoms with Gasteiger partial charge in [0.2, 0.25) is 0 Å². The molecule has 0 bridgehead atoms. The number of hydrogen-bond donors (Lipinski definition) is 1. The maximum absolute atomic E-state index is 12.7. The van der Waals surface area contributed by atoms with E-state index in [2.05, 4.69) is 4.74 Å². The van der Waals surface area contributed by atoms with Crippen molar-refractivity contribution < 1.29 is 27.8 Å². The second kappa shape index (κ2) is 9.12. The van der Waals surface area contributed by atoms with Crippen molar-refractivity contribution in [2.45, 2.75) is 26.3 Å². The maximum Gasteiger partial charge on any atom is 0.572 e. The third-order valence-corrected chi connectivity index (χ3v) is 3.87. The summed E-state index contributed by atoms with van der Waals surface area (Å²) in [5.41, 5.74) is 1.62. The maximum atomic E-state index is 12.7. The predicted molar refractivity (Wildman–Crippen MR) is 101 cm³/mol. The van der Waals surface area contributed by atoms with E-state index in [1.54, 1.807) is 59.5 Å². The summed E-state index contributed by atoms with van der Waals surface area (Å²) in [6.07, 6.45) is 12.9. The van der Waals surface area contributed by atoms with Crippen LogP contribution in [0.3, 0.4) is 0 Å². The van der Waals surface area contributed by atoms with Gasteiger partial charge in [0.25, 0.3) is 0 Å². The number of nitrogens with zero attached hydrogens (tertiary/aromatic N) is 1. The fourth-order valence-corrected chi connectivity index (χ4v) is 2.52. The van der Waals surface area contributed by atoms with Gasteiger partial charge < -0.3 is 14.4 Å². The Balaban J connectivity index is 2.38. The number of aromatic nitrogens is 1. The van der Waals surface area contributed by atoms with Crippen molar-refractivity contribution >= 4 is 11.5 Å². The van der Waals surface area contributed by atoms with Crippen molar-refractivity contribution in [1.82, 2.24) is 4.57 Å². The van der Waals surface area contributed by atoms with Crippen LogP contribution in [-0.4, -0.2) is 22.0 Å². The Hall–Kier alpha value is -3.22. The van der Waals surface area contributed by atoms with Gasteiger partial charge in [-0.15, -0.1) is 13.2 Å². The second-order valence-electron chi connectivity index (χ2n) is 5.96. The number of alkyl halides is 3. The van der Waals surface area contributed by atoms with Gasteiger partial charge in [-0.05, 0) is 37.1 Å². The number of aliphatic carboxylic acids is 1. The van der Waals surface area contributed by atoms with E-state index < -0.39 is 18.4 Å². The highest BCUT2D eigenvalue weighted by Crippen LogP contribution is 2.31. The molecule has 0 aliphatic heterocycles. The normalized spacial score (nSPS) is 18.3. The lowest BCUT2D eigenvalue weighted by Gasteiger charge is -2.20. The molecule has 1 heterocycles. The van der Waals surface area contributed by atoms with Crippen molar-refractivity contribution in [3.63, 3.8) is 0 Å². The highest BCUT2D eigenvalue weighted by Gasteiger charge is 2.34. The van der Waals surface area contributed by atoms with Crippen LogP contribution in [0, 0.1) is 0 Å². The molecule has 2 rings (SSSR count). The van der Waals surface area contributed by atoms with E-state index in [9.17, 15) is 18.0 Å². The Morgan fingerprint density at radius 3 is 2.64 bits per heavy atom. The molecular weight excluding hydrogens is 371 g/mol. The van der Waals surface area contributed by atoms with Crippen LogP contribution >= 0.6 is 0 Å². The topological polar surface area (TPSA) is 51.5 Å². The number of hydrogen-bond acceptors (Lipinski definition) is 2. The zero-order valence-electron chi connectivity index (χ0n) is 15.4. The number of ether oxygens (including phenoxy) is 1. The lowest BCUT2D eigenvalue weighted by Crippen LogP contribution is -2.18. The van der Waals surface area contributed by atoms with E-state index in [1.165, 1.54) is 25.2 Å². The molecule has 0 aromatic carbocycles. The lowest BCUT2D eigenvalue weighted by molar-refractivity contribution is -0.307. The molecule has 1 aliphatic carbocycles. The summed E-state index contributed by atoms with van der Waals surface area (Å²) in [7, 11) is 0. The minimum absolute atomic E-state index is 0.169. The van der Waals surface area contributed by atoms with Crippen LogP contribution < -0.4 is 0 Å². The highest BCUT2D eigenvalue weighted by atomic mass is 19.4. The number of rotatable bonds is 6. The summed E-state index contributed by atoms with van der Waals surface area (Å²) < 4.78 is 44.0. The molecule has 1 unspecified atom stereocenters. The summed E-state index contributed by atoms with van der Waals surface area (Å²) >= 11 is 0. The van der Waals surface area contributed by atoms with Crippen molar-refractivity contribution in [3.8, 4) is 0 Å². The number of carboxylic acid groups (broad SMARTS) is 1. The Morgan fingerprint density at radius 2 is 2.00 bits per heavy atom. The fraction of sp³-hybridized carbons (Fsp3) is 0.190. The Morgan fingerprint density at radius 1 is 1.25 bits per heavy atom. The summed E-state index contributed by atoms with van der Waals surface area (Å²) in [6, 6.07) is 0.973. The SMILES string of the molecule is C\C=C/C(=C\C=C(/C)C(=O)O)c1ccn(C2C=CC=CC=C2OC(F)(F)F)c1. The first kappa shape index (κ1) is 21.1. The molecule has 0 saturated carbocycles. The molecule has 1 N–H and O–H groups in total. The largest absolute Gasteiger partial charge is 0.572 e. The fourth-order valence-electron chi connectivity index (χ4n) is 2.52. The van der Waals surface area contributed by atoms with Crippen molar-refractivity contribution in [2.75, 3.05) is 0 Å². The summed E-state index contributed by atoms with van der Waals surface area (Å²) in [6.45, 7) is 3.29. The van der Waals surface area contributed by atoms with Crippen LogP contribution in [-0.2, 0) is 9.53 Å². The molecule has 28 heavy (non-hydrogen) atoms. The summed E-state index contributed by atoms with van der Waals surface area (Å²) in [5.74, 6) is -1.28. The first-order chi connectivity index (χ1) is 13.2. The molecule has 148 valence electrons. The van der Waals surface area contributed by atoms with E-state index in [4.69, 9.17) is 5.11 Å². The average molecular weight is 391 g/mol. The molecule has 1 aromatic rings. The minimum Gasteiger partial charge on any atom is -0.478 e. The molecule has 1 aromatic heterocycles. The molecule has 0 saturated heterocycles. The van der Waals surface area contributed by atoms with Crippen LogP contribution in [0.25, 0.3) is 5.57 Å². The average Bonchev–Trinajstić information content (AvgIpc) is 2.98. The molecule has 1 aliphatic rings. The van der Waals surface area contributed by atoms with E-state index in [1.807, 2.05) is 6.92 Å². The number of halogens is 3. The van der Waals surface area contributed by atoms with Crippen LogP contribution in [0.15, 0.2) is 84.5 Å². The Labute approximate surface area is 160 Å². The minimum atomic E-state index is -4.79.